The zero-order valence-corrected chi connectivity index (χ0v) is 8.47. The molecule has 0 aliphatic heterocycles. The van der Waals surface area contributed by atoms with E-state index in [0.717, 1.165) is 0 Å². The molecule has 0 aromatic heterocycles. The van der Waals surface area contributed by atoms with E-state index < -0.39 is 0 Å². The normalized spacial score (nSPS) is 3.71. The van der Waals surface area contributed by atoms with Gasteiger partial charge in [0.1, 0.15) is 5.78 Å². The van der Waals surface area contributed by atoms with Gasteiger partial charge in [0.2, 0.25) is 0 Å². The van der Waals surface area contributed by atoms with E-state index in [9.17, 15) is 4.79 Å². The van der Waals surface area contributed by atoms with Gasteiger partial charge in [-0.3, -0.25) is 0 Å². The van der Waals surface area contributed by atoms with E-state index in [-0.39, 0.29) is 64.0 Å². The largest absolute Gasteiger partial charge is 1.00 e. The zero-order chi connectivity index (χ0) is 3.58. The van der Waals surface area contributed by atoms with Gasteiger partial charge in [0.05, 0.1) is 0 Å². The van der Waals surface area contributed by atoms with Gasteiger partial charge in [-0.05, 0) is 13.8 Å². The van der Waals surface area contributed by atoms with E-state index in [1.54, 1.807) is 0 Å². The first-order chi connectivity index (χ1) is 1.73. The fourth-order valence-corrected chi connectivity index (χ4v) is 0. The summed E-state index contributed by atoms with van der Waals surface area (Å²) in [5.74, 6) is 0.167. The van der Waals surface area contributed by atoms with E-state index >= 15 is 0 Å². The summed E-state index contributed by atoms with van der Waals surface area (Å²) in [6.45, 7) is 3.06. The van der Waals surface area contributed by atoms with E-state index in [1.807, 2.05) is 0 Å². The summed E-state index contributed by atoms with van der Waals surface area (Å²) in [7, 11) is 0. The molecule has 0 rings (SSSR count). The Morgan fingerprint density at radius 2 is 1.43 bits per heavy atom. The topological polar surface area (TPSA) is 48.6 Å². The quantitative estimate of drug-likeness (QED) is 0.335. The van der Waals surface area contributed by atoms with Crippen LogP contribution in [0.1, 0.15) is 15.3 Å². The minimum atomic E-state index is 0. The van der Waals surface area contributed by atoms with Crippen LogP contribution in [-0.2, 0) is 26.5 Å². The third-order valence-electron chi connectivity index (χ3n) is 0. The second-order valence-corrected chi connectivity index (χ2v) is 0.908. The number of carbonyl (C=O) groups is 1. The Morgan fingerprint density at radius 3 is 1.43 bits per heavy atom. The third-order valence-corrected chi connectivity index (χ3v) is 0. The molecule has 0 saturated carbocycles. The maximum Gasteiger partial charge on any atom is 1.00 e. The van der Waals surface area contributed by atoms with Crippen LogP contribution in [0.15, 0.2) is 0 Å². The number of Topliss-reactive ketones (excluding diaryl/α,β-unsaturated/α-hetero) is 1. The molecule has 0 bridgehead atoms. The Hall–Kier alpha value is 1.34. The van der Waals surface area contributed by atoms with Crippen molar-refractivity contribution in [1.82, 2.24) is 0 Å². The second-order valence-electron chi connectivity index (χ2n) is 0.908. The van der Waals surface area contributed by atoms with Crippen LogP contribution in [0.25, 0.3) is 0 Å². The smallest absolute Gasteiger partial charge is 1.00 e. The van der Waals surface area contributed by atoms with Gasteiger partial charge in [-0.1, -0.05) is 0 Å². The SMILES string of the molecule is CC(C)=O.O.[H-].[Na+].[Ti]. The van der Waals surface area contributed by atoms with Crippen LogP contribution in [0.3, 0.4) is 0 Å². The summed E-state index contributed by atoms with van der Waals surface area (Å²) < 4.78 is 0. The molecule has 0 heterocycles. The van der Waals surface area contributed by atoms with Crippen LogP contribution in [0.2, 0.25) is 0 Å². The Morgan fingerprint density at radius 1 is 1.43 bits per heavy atom. The molecule has 0 aromatic carbocycles. The maximum absolute atomic E-state index is 9.44. The van der Waals surface area contributed by atoms with Crippen molar-refractivity contribution < 1.29 is 63.0 Å². The van der Waals surface area contributed by atoms with Crippen molar-refractivity contribution in [2.45, 2.75) is 13.8 Å². The molecular weight excluding hydrogens is 139 g/mol. The second kappa shape index (κ2) is 15.7. The molecule has 0 amide bonds. The average Bonchev–Trinajstić information content (AvgIpc) is 0.811. The van der Waals surface area contributed by atoms with E-state index in [2.05, 4.69) is 0 Å². The number of rotatable bonds is 0. The van der Waals surface area contributed by atoms with Crippen LogP contribution in [0.4, 0.5) is 0 Å². The van der Waals surface area contributed by atoms with Crippen molar-refractivity contribution in [3.8, 4) is 0 Å². The predicted octanol–water partition coefficient (Wildman–Crippen LogP) is -3.12. The summed E-state index contributed by atoms with van der Waals surface area (Å²) in [5.41, 5.74) is 0. The molecule has 4 heteroatoms. The molecule has 0 atom stereocenters. The first kappa shape index (κ1) is 23.8. The van der Waals surface area contributed by atoms with Crippen LogP contribution in [-0.4, -0.2) is 11.3 Å². The van der Waals surface area contributed by atoms with E-state index in [4.69, 9.17) is 0 Å². The molecule has 0 saturated heterocycles. The monoisotopic (exact) mass is 148 g/mol. The van der Waals surface area contributed by atoms with Crippen molar-refractivity contribution in [1.29, 1.82) is 0 Å². The number of hydrogen-bond acceptors (Lipinski definition) is 1. The summed E-state index contributed by atoms with van der Waals surface area (Å²) >= 11 is 0. The van der Waals surface area contributed by atoms with Gasteiger partial charge in [-0.25, -0.2) is 0 Å². The van der Waals surface area contributed by atoms with Crippen LogP contribution in [0.5, 0.6) is 0 Å². The summed E-state index contributed by atoms with van der Waals surface area (Å²) in [5, 5.41) is 0. The maximum atomic E-state index is 9.44. The van der Waals surface area contributed by atoms with Crippen LogP contribution in [0, 0.1) is 0 Å². The van der Waals surface area contributed by atoms with Gasteiger partial charge >= 0.3 is 29.6 Å². The number of hydrogen-bond donors (Lipinski definition) is 0. The Labute approximate surface area is 82.0 Å². The van der Waals surface area contributed by atoms with Gasteiger partial charge in [0.15, 0.2) is 0 Å². The summed E-state index contributed by atoms with van der Waals surface area (Å²) in [6, 6.07) is 0. The van der Waals surface area contributed by atoms with Gasteiger partial charge < -0.3 is 11.7 Å². The molecule has 7 heavy (non-hydrogen) atoms. The van der Waals surface area contributed by atoms with Crippen LogP contribution >= 0.6 is 0 Å². The average molecular weight is 148 g/mol. The van der Waals surface area contributed by atoms with Crippen molar-refractivity contribution in [2.75, 3.05) is 0 Å². The molecule has 0 unspecified atom stereocenters. The Bertz CT molecular complexity index is 40.3. The minimum Gasteiger partial charge on any atom is -1.00 e. The van der Waals surface area contributed by atoms with Gasteiger partial charge in [0.25, 0.3) is 0 Å². The van der Waals surface area contributed by atoms with Gasteiger partial charge in [-0.2, -0.15) is 0 Å². The van der Waals surface area contributed by atoms with Crippen molar-refractivity contribution in [3.05, 3.63) is 0 Å². The minimum absolute atomic E-state index is 0. The molecule has 2 nitrogen and oxygen atoms in total. The molecular formula is C3H9NaO2Ti. The Balaban J connectivity index is -0.00000000750. The standard InChI is InChI=1S/C3H6O.Na.H2O.Ti.H/c1-3(2)4;;;;/h1-2H3;;1H2;;/q;+1;;;-1. The fourth-order valence-electron chi connectivity index (χ4n) is 0. The molecule has 2 N–H and O–H groups in total. The molecule has 0 aliphatic rings. The van der Waals surface area contributed by atoms with E-state index in [0.29, 0.717) is 0 Å². The number of ketones is 1. The fraction of sp³-hybridized carbons (Fsp3) is 0.667. The summed E-state index contributed by atoms with van der Waals surface area (Å²) in [4.78, 5) is 9.44. The first-order valence-electron chi connectivity index (χ1n) is 1.20. The van der Waals surface area contributed by atoms with E-state index in [1.165, 1.54) is 13.8 Å². The number of carbonyl (C=O) groups excluding carboxylic acids is 1. The van der Waals surface area contributed by atoms with Crippen molar-refractivity contribution >= 4 is 5.78 Å². The zero-order valence-electron chi connectivity index (χ0n) is 5.91. The molecule has 0 radical (unpaired) electrons. The molecule has 0 aliphatic carbocycles. The molecule has 0 spiro atoms. The molecule has 0 fully saturated rings. The summed E-state index contributed by atoms with van der Waals surface area (Å²) in [6.07, 6.45) is 0. The molecule has 38 valence electrons. The van der Waals surface area contributed by atoms with Gasteiger partial charge in [-0.15, -0.1) is 0 Å². The van der Waals surface area contributed by atoms with Crippen LogP contribution < -0.4 is 29.6 Å². The van der Waals surface area contributed by atoms with Crippen molar-refractivity contribution in [2.24, 2.45) is 0 Å². The van der Waals surface area contributed by atoms with Gasteiger partial charge in [0, 0.05) is 21.7 Å². The third kappa shape index (κ3) is 116. The van der Waals surface area contributed by atoms with Crippen molar-refractivity contribution in [3.63, 3.8) is 0 Å². The first-order valence-corrected chi connectivity index (χ1v) is 1.20. The Kier molecular flexibility index (Phi) is 53.4. The predicted molar refractivity (Wildman–Crippen MR) is 21.1 cm³/mol. The molecule has 0 aromatic rings.